The highest BCUT2D eigenvalue weighted by Crippen LogP contribution is 2.30. The van der Waals surface area contributed by atoms with E-state index in [9.17, 15) is 9.59 Å². The number of halogens is 1. The van der Waals surface area contributed by atoms with Crippen molar-refractivity contribution in [2.24, 2.45) is 5.10 Å². The third-order valence-corrected chi connectivity index (χ3v) is 6.32. The third kappa shape index (κ3) is 4.63. The van der Waals surface area contributed by atoms with Crippen LogP contribution in [0.4, 0.5) is 0 Å². The van der Waals surface area contributed by atoms with Crippen LogP contribution in [0.15, 0.2) is 68.5 Å². The van der Waals surface area contributed by atoms with Crippen LogP contribution >= 0.6 is 27.3 Å². The molecular formula is C23H19BrN4O3S. The maximum Gasteiger partial charge on any atom is 0.263 e. The lowest BCUT2D eigenvalue weighted by Crippen LogP contribution is -2.30. The van der Waals surface area contributed by atoms with E-state index in [1.54, 1.807) is 13.2 Å². The van der Waals surface area contributed by atoms with Crippen LogP contribution in [0.1, 0.15) is 11.1 Å². The van der Waals surface area contributed by atoms with Gasteiger partial charge < -0.3 is 4.74 Å². The highest BCUT2D eigenvalue weighted by atomic mass is 79.9. The van der Waals surface area contributed by atoms with Crippen LogP contribution in [0, 0.1) is 6.92 Å². The first kappa shape index (κ1) is 21.9. The van der Waals surface area contributed by atoms with E-state index in [1.807, 2.05) is 48.7 Å². The molecule has 9 heteroatoms. The summed E-state index contributed by atoms with van der Waals surface area (Å²) in [7, 11) is 1.59. The van der Waals surface area contributed by atoms with Gasteiger partial charge in [0, 0.05) is 10.9 Å². The van der Waals surface area contributed by atoms with E-state index >= 15 is 0 Å². The maximum atomic E-state index is 13.1. The number of thiophene rings is 1. The lowest BCUT2D eigenvalue weighted by Gasteiger charge is -2.06. The fraction of sp³-hybridized carbons (Fsp3) is 0.130. The van der Waals surface area contributed by atoms with Crippen molar-refractivity contribution < 1.29 is 9.53 Å². The zero-order valence-corrected chi connectivity index (χ0v) is 19.7. The Balaban J connectivity index is 1.51. The maximum absolute atomic E-state index is 13.1. The van der Waals surface area contributed by atoms with Crippen LogP contribution in [0.3, 0.4) is 0 Å². The summed E-state index contributed by atoms with van der Waals surface area (Å²) in [6.07, 6.45) is 2.91. The predicted octanol–water partition coefficient (Wildman–Crippen LogP) is 4.35. The van der Waals surface area contributed by atoms with Gasteiger partial charge >= 0.3 is 0 Å². The molecule has 162 valence electrons. The molecule has 0 fully saturated rings. The van der Waals surface area contributed by atoms with Crippen LogP contribution in [-0.4, -0.2) is 28.8 Å². The van der Waals surface area contributed by atoms with E-state index in [-0.39, 0.29) is 12.1 Å². The number of hydrogen-bond acceptors (Lipinski definition) is 6. The molecule has 0 aliphatic carbocycles. The van der Waals surface area contributed by atoms with Crippen LogP contribution in [0.2, 0.25) is 0 Å². The number of aryl methyl sites for hydroxylation is 1. The molecule has 4 rings (SSSR count). The van der Waals surface area contributed by atoms with Crippen molar-refractivity contribution in [1.82, 2.24) is 15.0 Å². The van der Waals surface area contributed by atoms with E-state index in [1.165, 1.54) is 28.4 Å². The van der Waals surface area contributed by atoms with E-state index < -0.39 is 5.91 Å². The molecule has 2 heterocycles. The largest absolute Gasteiger partial charge is 0.496 e. The smallest absolute Gasteiger partial charge is 0.263 e. The van der Waals surface area contributed by atoms with Crippen LogP contribution in [0.5, 0.6) is 5.75 Å². The number of aromatic nitrogens is 2. The Bertz CT molecular complexity index is 1380. The highest BCUT2D eigenvalue weighted by molar-refractivity contribution is 9.10. The van der Waals surface area contributed by atoms with E-state index in [0.717, 1.165) is 26.7 Å². The molecule has 0 saturated carbocycles. The van der Waals surface area contributed by atoms with Crippen molar-refractivity contribution in [3.05, 3.63) is 80.1 Å². The summed E-state index contributed by atoms with van der Waals surface area (Å²) >= 11 is 4.81. The molecule has 0 atom stereocenters. The number of carbonyl (C=O) groups excluding carboxylic acids is 1. The van der Waals surface area contributed by atoms with E-state index in [2.05, 4.69) is 31.4 Å². The number of fused-ring (bicyclic) bond motifs is 1. The Kier molecular flexibility index (Phi) is 6.48. The van der Waals surface area contributed by atoms with Crippen LogP contribution in [0.25, 0.3) is 21.3 Å². The Morgan fingerprint density at radius 3 is 2.78 bits per heavy atom. The number of ether oxygens (including phenoxy) is 1. The molecule has 0 aliphatic heterocycles. The van der Waals surface area contributed by atoms with Gasteiger partial charge in [0.1, 0.15) is 17.1 Å². The van der Waals surface area contributed by atoms with Crippen molar-refractivity contribution >= 4 is 49.6 Å². The summed E-state index contributed by atoms with van der Waals surface area (Å²) in [6, 6.07) is 13.4. The zero-order valence-electron chi connectivity index (χ0n) is 17.3. The number of hydrazone groups is 1. The average Bonchev–Trinajstić information content (AvgIpc) is 3.21. The highest BCUT2D eigenvalue weighted by Gasteiger charge is 2.14. The summed E-state index contributed by atoms with van der Waals surface area (Å²) < 4.78 is 7.26. The molecule has 0 unspecified atom stereocenters. The standard InChI is InChI=1S/C23H19BrN4O3S/c1-14-3-6-16(7-4-14)17-12-32-22-21(17)23(30)28(13-25-22)11-20(29)27-26-10-15-5-8-19(31-2)18(24)9-15/h3-10,12-13H,11H2,1-2H3,(H,27,29). The number of amides is 1. The molecule has 0 bridgehead atoms. The second-order valence-corrected chi connectivity index (χ2v) is 8.77. The average molecular weight is 511 g/mol. The number of rotatable bonds is 6. The predicted molar refractivity (Wildman–Crippen MR) is 130 cm³/mol. The molecule has 0 spiro atoms. The lowest BCUT2D eigenvalue weighted by atomic mass is 10.1. The molecule has 7 nitrogen and oxygen atoms in total. The van der Waals surface area contributed by atoms with Crippen molar-refractivity contribution in [3.8, 4) is 16.9 Å². The van der Waals surface area contributed by atoms with Gasteiger partial charge in [-0.2, -0.15) is 5.10 Å². The minimum Gasteiger partial charge on any atom is -0.496 e. The minimum atomic E-state index is -0.427. The SMILES string of the molecule is COc1ccc(C=NNC(=O)Cn2cnc3scc(-c4ccc(C)cc4)c3c2=O)cc1Br. The second kappa shape index (κ2) is 9.46. The molecule has 2 aromatic carbocycles. The van der Waals surface area contributed by atoms with Crippen LogP contribution < -0.4 is 15.7 Å². The van der Waals surface area contributed by atoms with Gasteiger partial charge in [-0.1, -0.05) is 29.8 Å². The minimum absolute atomic E-state index is 0.186. The zero-order chi connectivity index (χ0) is 22.7. The van der Waals surface area contributed by atoms with E-state index in [0.29, 0.717) is 16.0 Å². The quantitative estimate of drug-likeness (QED) is 0.308. The number of methoxy groups -OCH3 is 1. The molecule has 1 N–H and O–H groups in total. The Labute approximate surface area is 196 Å². The molecule has 4 aromatic rings. The normalized spacial score (nSPS) is 11.2. The first-order valence-electron chi connectivity index (χ1n) is 9.65. The van der Waals surface area contributed by atoms with Gasteiger partial charge in [-0.15, -0.1) is 11.3 Å². The Morgan fingerprint density at radius 2 is 2.06 bits per heavy atom. The Hall–Kier alpha value is -3.30. The molecule has 0 aliphatic rings. The summed E-state index contributed by atoms with van der Waals surface area (Å²) in [5, 5.41) is 6.41. The third-order valence-electron chi connectivity index (χ3n) is 4.82. The fourth-order valence-electron chi connectivity index (χ4n) is 3.16. The molecule has 0 saturated heterocycles. The second-order valence-electron chi connectivity index (χ2n) is 7.06. The number of nitrogens with one attached hydrogen (secondary N) is 1. The Morgan fingerprint density at radius 1 is 1.28 bits per heavy atom. The van der Waals surface area contributed by atoms with Gasteiger partial charge in [-0.05, 0) is 52.2 Å². The number of carbonyl (C=O) groups is 1. The lowest BCUT2D eigenvalue weighted by molar-refractivity contribution is -0.121. The topological polar surface area (TPSA) is 85.6 Å². The molecule has 0 radical (unpaired) electrons. The number of benzene rings is 2. The summed E-state index contributed by atoms with van der Waals surface area (Å²) in [5.74, 6) is 0.274. The van der Waals surface area contributed by atoms with Crippen molar-refractivity contribution in [1.29, 1.82) is 0 Å². The van der Waals surface area contributed by atoms with Gasteiger partial charge in [0.25, 0.3) is 11.5 Å². The van der Waals surface area contributed by atoms with Crippen molar-refractivity contribution in [2.45, 2.75) is 13.5 Å². The van der Waals surface area contributed by atoms with Gasteiger partial charge in [0.05, 0.1) is 29.5 Å². The van der Waals surface area contributed by atoms with Gasteiger partial charge in [-0.25, -0.2) is 10.4 Å². The summed E-state index contributed by atoms with van der Waals surface area (Å²) in [4.78, 5) is 30.4. The van der Waals surface area contributed by atoms with E-state index in [4.69, 9.17) is 4.74 Å². The number of hydrogen-bond donors (Lipinski definition) is 1. The van der Waals surface area contributed by atoms with Crippen LogP contribution in [-0.2, 0) is 11.3 Å². The first-order valence-corrected chi connectivity index (χ1v) is 11.3. The summed E-state index contributed by atoms with van der Waals surface area (Å²) in [6.45, 7) is 1.83. The van der Waals surface area contributed by atoms with Crippen molar-refractivity contribution in [2.75, 3.05) is 7.11 Å². The van der Waals surface area contributed by atoms with Gasteiger partial charge in [-0.3, -0.25) is 14.2 Å². The van der Waals surface area contributed by atoms with Gasteiger partial charge in [0.2, 0.25) is 0 Å². The molecule has 2 aromatic heterocycles. The van der Waals surface area contributed by atoms with Crippen molar-refractivity contribution in [3.63, 3.8) is 0 Å². The fourth-order valence-corrected chi connectivity index (χ4v) is 4.62. The molecular weight excluding hydrogens is 492 g/mol. The summed E-state index contributed by atoms with van der Waals surface area (Å²) in [5.41, 5.74) is 5.87. The monoisotopic (exact) mass is 510 g/mol. The molecule has 1 amide bonds. The number of nitrogens with zero attached hydrogens (tertiary/aromatic N) is 3. The molecule has 32 heavy (non-hydrogen) atoms. The van der Waals surface area contributed by atoms with Gasteiger partial charge in [0.15, 0.2) is 0 Å². The first-order chi connectivity index (χ1) is 15.5.